The molecule has 1 amide bonds. The van der Waals surface area contributed by atoms with Gasteiger partial charge in [-0.25, -0.2) is 0 Å². The average molecular weight is 285 g/mol. The molecule has 1 rings (SSSR count). The maximum atomic E-state index is 12.1. The number of nitrogens with one attached hydrogen (secondary N) is 1. The first-order valence-corrected chi connectivity index (χ1v) is 7.36. The third kappa shape index (κ3) is 5.90. The highest BCUT2D eigenvalue weighted by Crippen LogP contribution is 2.30. The third-order valence-corrected chi connectivity index (χ3v) is 3.96. The molecule has 1 aliphatic carbocycles. The van der Waals surface area contributed by atoms with Crippen LogP contribution in [0.3, 0.4) is 0 Å². The normalized spacial score (nSPS) is 25.8. The first-order valence-electron chi connectivity index (χ1n) is 7.36. The molecule has 0 aromatic rings. The number of carboxylic acid groups (broad SMARTS) is 1. The molecule has 0 aromatic carbocycles. The highest BCUT2D eigenvalue weighted by Gasteiger charge is 2.30. The smallest absolute Gasteiger partial charge is 0.305 e. The van der Waals surface area contributed by atoms with Gasteiger partial charge in [-0.2, -0.15) is 0 Å². The summed E-state index contributed by atoms with van der Waals surface area (Å²) < 4.78 is 5.04. The van der Waals surface area contributed by atoms with E-state index in [0.717, 1.165) is 12.8 Å². The Morgan fingerprint density at radius 3 is 2.65 bits per heavy atom. The fraction of sp³-hybridized carbons (Fsp3) is 0.867. The molecule has 1 aliphatic rings. The van der Waals surface area contributed by atoms with Gasteiger partial charge in [0.1, 0.15) is 0 Å². The number of carbonyl (C=O) groups excluding carboxylic acids is 1. The molecule has 3 unspecified atom stereocenters. The van der Waals surface area contributed by atoms with Gasteiger partial charge < -0.3 is 15.2 Å². The fourth-order valence-corrected chi connectivity index (χ4v) is 3.18. The lowest BCUT2D eigenvalue weighted by atomic mass is 9.80. The van der Waals surface area contributed by atoms with E-state index < -0.39 is 11.5 Å². The summed E-state index contributed by atoms with van der Waals surface area (Å²) in [6.07, 6.45) is 4.98. The SMILES string of the molecule is COCC(C)(CC(=O)O)NC(=O)CC1CCCC(C)C1. The van der Waals surface area contributed by atoms with Crippen LogP contribution in [0.25, 0.3) is 0 Å². The molecule has 0 saturated heterocycles. The quantitative estimate of drug-likeness (QED) is 0.752. The van der Waals surface area contributed by atoms with Crippen LogP contribution in [-0.2, 0) is 14.3 Å². The van der Waals surface area contributed by atoms with Gasteiger partial charge in [0.25, 0.3) is 0 Å². The van der Waals surface area contributed by atoms with E-state index in [9.17, 15) is 9.59 Å². The van der Waals surface area contributed by atoms with Crippen LogP contribution in [0.5, 0.6) is 0 Å². The van der Waals surface area contributed by atoms with Crippen molar-refractivity contribution in [2.75, 3.05) is 13.7 Å². The molecule has 1 saturated carbocycles. The third-order valence-electron chi connectivity index (χ3n) is 3.96. The summed E-state index contributed by atoms with van der Waals surface area (Å²) in [5, 5.41) is 11.8. The van der Waals surface area contributed by atoms with Gasteiger partial charge in [-0.1, -0.05) is 19.8 Å². The van der Waals surface area contributed by atoms with E-state index in [0.29, 0.717) is 18.3 Å². The van der Waals surface area contributed by atoms with Gasteiger partial charge in [0.15, 0.2) is 0 Å². The zero-order valence-electron chi connectivity index (χ0n) is 12.8. The van der Waals surface area contributed by atoms with Gasteiger partial charge in [0.2, 0.25) is 5.91 Å². The van der Waals surface area contributed by atoms with Crippen molar-refractivity contribution >= 4 is 11.9 Å². The van der Waals surface area contributed by atoms with Crippen LogP contribution in [-0.4, -0.2) is 36.2 Å². The van der Waals surface area contributed by atoms with E-state index in [2.05, 4.69) is 12.2 Å². The molecule has 20 heavy (non-hydrogen) atoms. The molecular formula is C15H27NO4. The van der Waals surface area contributed by atoms with Gasteiger partial charge in [-0.15, -0.1) is 0 Å². The van der Waals surface area contributed by atoms with Crippen molar-refractivity contribution in [3.8, 4) is 0 Å². The Morgan fingerprint density at radius 1 is 1.40 bits per heavy atom. The summed E-state index contributed by atoms with van der Waals surface area (Å²) in [4.78, 5) is 23.0. The minimum absolute atomic E-state index is 0.0649. The Kier molecular flexibility index (Phi) is 6.46. The van der Waals surface area contributed by atoms with E-state index >= 15 is 0 Å². The number of rotatable bonds is 7. The van der Waals surface area contributed by atoms with Crippen molar-refractivity contribution in [1.29, 1.82) is 0 Å². The Balaban J connectivity index is 2.50. The monoisotopic (exact) mass is 285 g/mol. The standard InChI is InChI=1S/C15H27NO4/c1-11-5-4-6-12(7-11)8-13(17)16-15(2,10-20-3)9-14(18)19/h11-12H,4-10H2,1-3H3,(H,16,17)(H,18,19). The molecule has 0 bridgehead atoms. The van der Waals surface area contributed by atoms with Crippen molar-refractivity contribution in [3.63, 3.8) is 0 Å². The van der Waals surface area contributed by atoms with Gasteiger partial charge in [0.05, 0.1) is 18.6 Å². The first-order chi connectivity index (χ1) is 9.34. The minimum Gasteiger partial charge on any atom is -0.481 e. The van der Waals surface area contributed by atoms with Crippen molar-refractivity contribution in [3.05, 3.63) is 0 Å². The number of hydrogen-bond donors (Lipinski definition) is 2. The van der Waals surface area contributed by atoms with Crippen LogP contribution in [0.2, 0.25) is 0 Å². The Labute approximate surface area is 121 Å². The zero-order valence-corrected chi connectivity index (χ0v) is 12.8. The number of hydrogen-bond acceptors (Lipinski definition) is 3. The summed E-state index contributed by atoms with van der Waals surface area (Å²) in [5.41, 5.74) is -0.835. The minimum atomic E-state index is -0.934. The molecule has 0 aliphatic heterocycles. The second-order valence-electron chi connectivity index (χ2n) is 6.45. The molecule has 3 atom stereocenters. The number of carboxylic acids is 1. The van der Waals surface area contributed by atoms with Crippen molar-refractivity contribution in [1.82, 2.24) is 5.32 Å². The Hall–Kier alpha value is -1.10. The number of carbonyl (C=O) groups is 2. The number of ether oxygens (including phenoxy) is 1. The van der Waals surface area contributed by atoms with Crippen LogP contribution in [0.15, 0.2) is 0 Å². The van der Waals surface area contributed by atoms with Crippen LogP contribution < -0.4 is 5.32 Å². The molecule has 5 nitrogen and oxygen atoms in total. The summed E-state index contributed by atoms with van der Waals surface area (Å²) in [6, 6.07) is 0. The highest BCUT2D eigenvalue weighted by atomic mass is 16.5. The maximum absolute atomic E-state index is 12.1. The zero-order chi connectivity index (χ0) is 15.2. The summed E-state index contributed by atoms with van der Waals surface area (Å²) in [6.45, 7) is 4.14. The molecule has 1 fully saturated rings. The molecule has 0 spiro atoms. The van der Waals surface area contributed by atoms with Gasteiger partial charge >= 0.3 is 5.97 Å². The van der Waals surface area contributed by atoms with E-state index in [1.165, 1.54) is 20.0 Å². The average Bonchev–Trinajstić information content (AvgIpc) is 2.26. The Bertz CT molecular complexity index is 345. The molecule has 0 aromatic heterocycles. The first kappa shape index (κ1) is 17.0. The van der Waals surface area contributed by atoms with E-state index in [1.54, 1.807) is 6.92 Å². The molecule has 116 valence electrons. The highest BCUT2D eigenvalue weighted by molar-refractivity contribution is 5.78. The van der Waals surface area contributed by atoms with Crippen LogP contribution >= 0.6 is 0 Å². The second-order valence-corrected chi connectivity index (χ2v) is 6.45. The maximum Gasteiger partial charge on any atom is 0.305 e. The van der Waals surface area contributed by atoms with Gasteiger partial charge in [-0.05, 0) is 31.6 Å². The van der Waals surface area contributed by atoms with Gasteiger partial charge in [-0.3, -0.25) is 9.59 Å². The largest absolute Gasteiger partial charge is 0.481 e. The van der Waals surface area contributed by atoms with E-state index in [1.807, 2.05) is 0 Å². The molecule has 2 N–H and O–H groups in total. The lowest BCUT2D eigenvalue weighted by Crippen LogP contribution is -2.51. The van der Waals surface area contributed by atoms with E-state index in [-0.39, 0.29) is 18.9 Å². The predicted octanol–water partition coefficient (Wildman–Crippen LogP) is 2.20. The van der Waals surface area contributed by atoms with Crippen LogP contribution in [0.1, 0.15) is 52.4 Å². The summed E-state index contributed by atoms with van der Waals surface area (Å²) in [7, 11) is 1.51. The predicted molar refractivity (Wildman–Crippen MR) is 76.4 cm³/mol. The van der Waals surface area contributed by atoms with Crippen molar-refractivity contribution < 1.29 is 19.4 Å². The molecule has 0 radical (unpaired) electrons. The van der Waals surface area contributed by atoms with Crippen LogP contribution in [0, 0.1) is 11.8 Å². The fourth-order valence-electron chi connectivity index (χ4n) is 3.18. The number of aliphatic carboxylic acids is 1. The molecule has 0 heterocycles. The number of amides is 1. The van der Waals surface area contributed by atoms with Crippen molar-refractivity contribution in [2.45, 2.75) is 57.9 Å². The van der Waals surface area contributed by atoms with Crippen LogP contribution in [0.4, 0.5) is 0 Å². The summed E-state index contributed by atoms with van der Waals surface area (Å²) in [5.74, 6) is 0.113. The van der Waals surface area contributed by atoms with Crippen molar-refractivity contribution in [2.24, 2.45) is 11.8 Å². The molecular weight excluding hydrogens is 258 g/mol. The lowest BCUT2D eigenvalue weighted by molar-refractivity contribution is -0.139. The van der Waals surface area contributed by atoms with Gasteiger partial charge in [0, 0.05) is 13.5 Å². The molecule has 5 heteroatoms. The topological polar surface area (TPSA) is 75.6 Å². The summed E-state index contributed by atoms with van der Waals surface area (Å²) >= 11 is 0. The number of methoxy groups -OCH3 is 1. The Morgan fingerprint density at radius 2 is 2.10 bits per heavy atom. The lowest BCUT2D eigenvalue weighted by Gasteiger charge is -2.31. The second kappa shape index (κ2) is 7.62. The van der Waals surface area contributed by atoms with E-state index in [4.69, 9.17) is 9.84 Å².